The molecule has 2 rings (SSSR count). The van der Waals surface area contributed by atoms with Gasteiger partial charge >= 0.3 is 5.97 Å². The number of ether oxygens (including phenoxy) is 1. The molecule has 4 nitrogen and oxygen atoms in total. The number of benzene rings is 1. The predicted molar refractivity (Wildman–Crippen MR) is 62.2 cm³/mol. The van der Waals surface area contributed by atoms with Gasteiger partial charge in [0.2, 0.25) is 0 Å². The van der Waals surface area contributed by atoms with Gasteiger partial charge in [-0.25, -0.2) is 0 Å². The molecule has 5 heteroatoms. The minimum absolute atomic E-state index is 0.0506. The van der Waals surface area contributed by atoms with Crippen molar-refractivity contribution in [3.8, 4) is 5.75 Å². The van der Waals surface area contributed by atoms with Gasteiger partial charge < -0.3 is 9.84 Å². The molecule has 1 aromatic rings. The molecule has 86 valence electrons. The number of methoxy groups -OCH3 is 1. The van der Waals surface area contributed by atoms with Gasteiger partial charge in [0, 0.05) is 11.3 Å². The summed E-state index contributed by atoms with van der Waals surface area (Å²) in [5.74, 6) is 0.648. The molecule has 1 aliphatic heterocycles. The molecule has 2 atom stereocenters. The molecule has 1 aromatic carbocycles. The summed E-state index contributed by atoms with van der Waals surface area (Å²) in [6.45, 7) is 0. The van der Waals surface area contributed by atoms with E-state index in [0.29, 0.717) is 5.75 Å². The first-order valence-electron chi connectivity index (χ1n) is 4.95. The number of thioether (sulfide) groups is 1. The van der Waals surface area contributed by atoms with Crippen LogP contribution in [0.2, 0.25) is 0 Å². The van der Waals surface area contributed by atoms with Gasteiger partial charge in [-0.15, -0.1) is 11.8 Å². The molecule has 0 bridgehead atoms. The summed E-state index contributed by atoms with van der Waals surface area (Å²) in [6.07, 6.45) is 0. The molecule has 0 aliphatic carbocycles. The predicted octanol–water partition coefficient (Wildman–Crippen LogP) is 1.27. The van der Waals surface area contributed by atoms with E-state index in [4.69, 9.17) is 0 Å². The average Bonchev–Trinajstić information content (AvgIpc) is 2.78. The summed E-state index contributed by atoms with van der Waals surface area (Å²) >= 11 is 1.59. The lowest BCUT2D eigenvalue weighted by Gasteiger charge is -2.13. The maximum Gasteiger partial charge on any atom is 0.323 e. The molecule has 0 spiro atoms. The third-order valence-corrected chi connectivity index (χ3v) is 3.74. The number of para-hydroxylation sites is 1. The van der Waals surface area contributed by atoms with Crippen molar-refractivity contribution in [2.75, 3.05) is 12.9 Å². The normalized spacial score (nSPS) is 24.3. The summed E-state index contributed by atoms with van der Waals surface area (Å²) in [5.41, 5.74) is 0.805. The Morgan fingerprint density at radius 2 is 2.31 bits per heavy atom. The molecule has 2 unspecified atom stereocenters. The molecule has 1 saturated heterocycles. The third-order valence-electron chi connectivity index (χ3n) is 2.49. The summed E-state index contributed by atoms with van der Waals surface area (Å²) in [4.78, 5) is 11.3. The highest BCUT2D eigenvalue weighted by Crippen LogP contribution is 2.36. The summed E-state index contributed by atoms with van der Waals surface area (Å²) in [5, 5.41) is 12.8. The standard InChI is InChI=1S/C11H13NO3S/c1-15-11(14)8-6-16-10(12-8)7-4-2-3-5-9(7)13/h2-5,8,10,12-13H,6H2,1H3. The summed E-state index contributed by atoms with van der Waals surface area (Å²) < 4.78 is 4.67. The number of rotatable bonds is 2. The molecule has 16 heavy (non-hydrogen) atoms. The zero-order chi connectivity index (χ0) is 11.5. The van der Waals surface area contributed by atoms with Gasteiger partial charge in [0.25, 0.3) is 0 Å². The number of hydrogen-bond donors (Lipinski definition) is 2. The zero-order valence-electron chi connectivity index (χ0n) is 8.84. The van der Waals surface area contributed by atoms with Crippen LogP contribution in [0.5, 0.6) is 5.75 Å². The molecule has 1 heterocycles. The monoisotopic (exact) mass is 239 g/mol. The van der Waals surface area contributed by atoms with E-state index >= 15 is 0 Å². The quantitative estimate of drug-likeness (QED) is 0.761. The highest BCUT2D eigenvalue weighted by Gasteiger charge is 2.32. The smallest absolute Gasteiger partial charge is 0.323 e. The van der Waals surface area contributed by atoms with E-state index in [0.717, 1.165) is 5.56 Å². The van der Waals surface area contributed by atoms with Crippen LogP contribution in [0.4, 0.5) is 0 Å². The Labute approximate surface area is 98.0 Å². The third kappa shape index (κ3) is 2.15. The van der Waals surface area contributed by atoms with Gasteiger partial charge in [-0.05, 0) is 6.07 Å². The lowest BCUT2D eigenvalue weighted by Crippen LogP contribution is -2.34. The fourth-order valence-corrected chi connectivity index (χ4v) is 2.90. The Bertz CT molecular complexity index is 397. The minimum Gasteiger partial charge on any atom is -0.508 e. The van der Waals surface area contributed by atoms with E-state index in [1.807, 2.05) is 12.1 Å². The molecular formula is C11H13NO3S. The molecule has 1 aliphatic rings. The van der Waals surface area contributed by atoms with Crippen molar-refractivity contribution < 1.29 is 14.6 Å². The number of esters is 1. The van der Waals surface area contributed by atoms with Crippen LogP contribution in [-0.2, 0) is 9.53 Å². The first kappa shape index (κ1) is 11.3. The van der Waals surface area contributed by atoms with Gasteiger partial charge in [-0.2, -0.15) is 0 Å². The van der Waals surface area contributed by atoms with Gasteiger partial charge in [0.15, 0.2) is 0 Å². The average molecular weight is 239 g/mol. The van der Waals surface area contributed by atoms with E-state index in [9.17, 15) is 9.90 Å². The highest BCUT2D eigenvalue weighted by molar-refractivity contribution is 7.99. The number of phenolic OH excluding ortho intramolecular Hbond substituents is 1. The van der Waals surface area contributed by atoms with Crippen molar-refractivity contribution in [2.24, 2.45) is 0 Å². The fraction of sp³-hybridized carbons (Fsp3) is 0.364. The summed E-state index contributed by atoms with van der Waals surface area (Å²) in [6, 6.07) is 6.83. The Hall–Kier alpha value is -1.20. The van der Waals surface area contributed by atoms with Crippen LogP contribution >= 0.6 is 11.8 Å². The molecule has 1 fully saturated rings. The van der Waals surface area contributed by atoms with Crippen molar-refractivity contribution in [3.05, 3.63) is 29.8 Å². The second-order valence-corrected chi connectivity index (χ2v) is 4.65. The maximum absolute atomic E-state index is 11.3. The molecular weight excluding hydrogens is 226 g/mol. The molecule has 2 N–H and O–H groups in total. The Morgan fingerprint density at radius 3 is 3.00 bits per heavy atom. The van der Waals surface area contributed by atoms with Crippen molar-refractivity contribution in [1.82, 2.24) is 5.32 Å². The number of carbonyl (C=O) groups is 1. The van der Waals surface area contributed by atoms with E-state index in [1.165, 1.54) is 7.11 Å². The lowest BCUT2D eigenvalue weighted by molar-refractivity contribution is -0.142. The molecule has 0 radical (unpaired) electrons. The molecule has 0 amide bonds. The Morgan fingerprint density at radius 1 is 1.56 bits per heavy atom. The number of nitrogens with one attached hydrogen (secondary N) is 1. The SMILES string of the molecule is COC(=O)C1CSC(c2ccccc2O)N1. The lowest BCUT2D eigenvalue weighted by atomic mass is 10.2. The number of phenols is 1. The van der Waals surface area contributed by atoms with Crippen molar-refractivity contribution in [1.29, 1.82) is 0 Å². The van der Waals surface area contributed by atoms with Crippen LogP contribution < -0.4 is 5.32 Å². The van der Waals surface area contributed by atoms with Crippen LogP contribution in [0.25, 0.3) is 0 Å². The van der Waals surface area contributed by atoms with Crippen LogP contribution in [0, 0.1) is 0 Å². The van der Waals surface area contributed by atoms with Crippen molar-refractivity contribution in [2.45, 2.75) is 11.4 Å². The number of hydrogen-bond acceptors (Lipinski definition) is 5. The number of aromatic hydroxyl groups is 1. The van der Waals surface area contributed by atoms with E-state index in [2.05, 4.69) is 10.1 Å². The van der Waals surface area contributed by atoms with Gasteiger partial charge in [-0.1, -0.05) is 18.2 Å². The Balaban J connectivity index is 2.09. The van der Waals surface area contributed by atoms with E-state index < -0.39 is 0 Å². The van der Waals surface area contributed by atoms with Crippen molar-refractivity contribution >= 4 is 17.7 Å². The second-order valence-electron chi connectivity index (χ2n) is 3.51. The van der Waals surface area contributed by atoms with Gasteiger partial charge in [0.05, 0.1) is 12.5 Å². The first-order chi connectivity index (χ1) is 7.72. The second kappa shape index (κ2) is 4.76. The zero-order valence-corrected chi connectivity index (χ0v) is 9.66. The van der Waals surface area contributed by atoms with Gasteiger partial charge in [-0.3, -0.25) is 10.1 Å². The largest absolute Gasteiger partial charge is 0.508 e. The topological polar surface area (TPSA) is 58.6 Å². The van der Waals surface area contributed by atoms with Crippen LogP contribution in [0.3, 0.4) is 0 Å². The first-order valence-corrected chi connectivity index (χ1v) is 6.00. The molecule has 0 aromatic heterocycles. The van der Waals surface area contributed by atoms with Crippen LogP contribution in [0.1, 0.15) is 10.9 Å². The van der Waals surface area contributed by atoms with E-state index in [1.54, 1.807) is 23.9 Å². The fourth-order valence-electron chi connectivity index (χ4n) is 1.64. The minimum atomic E-state index is -0.292. The number of carbonyl (C=O) groups excluding carboxylic acids is 1. The van der Waals surface area contributed by atoms with Crippen LogP contribution in [0.15, 0.2) is 24.3 Å². The molecule has 0 saturated carbocycles. The van der Waals surface area contributed by atoms with Crippen LogP contribution in [-0.4, -0.2) is 30.0 Å². The summed E-state index contributed by atoms with van der Waals surface area (Å²) in [7, 11) is 1.38. The van der Waals surface area contributed by atoms with E-state index in [-0.39, 0.29) is 23.1 Å². The van der Waals surface area contributed by atoms with Crippen molar-refractivity contribution in [3.63, 3.8) is 0 Å². The Kier molecular flexibility index (Phi) is 3.36. The maximum atomic E-state index is 11.3. The van der Waals surface area contributed by atoms with Gasteiger partial charge in [0.1, 0.15) is 11.8 Å². The highest BCUT2D eigenvalue weighted by atomic mass is 32.2.